The van der Waals surface area contributed by atoms with Crippen molar-refractivity contribution < 1.29 is 9.52 Å². The third kappa shape index (κ3) is 7.18. The molecule has 1 fully saturated rings. The van der Waals surface area contributed by atoms with Crippen LogP contribution in [0.15, 0.2) is 21.5 Å². The minimum Gasteiger partial charge on any atom is -0.463 e. The first-order valence-corrected chi connectivity index (χ1v) is 10.3. The van der Waals surface area contributed by atoms with Gasteiger partial charge in [-0.2, -0.15) is 0 Å². The van der Waals surface area contributed by atoms with E-state index in [1.165, 1.54) is 25.9 Å². The first-order chi connectivity index (χ1) is 12.8. The summed E-state index contributed by atoms with van der Waals surface area (Å²) in [5.74, 6) is 3.44. The molecule has 3 N–H and O–H groups in total. The molecule has 0 aromatic carbocycles. The van der Waals surface area contributed by atoms with Crippen LogP contribution in [0.5, 0.6) is 0 Å². The number of nitrogens with zero attached hydrogens (tertiary/aromatic N) is 2. The van der Waals surface area contributed by atoms with Crippen LogP contribution < -0.4 is 10.6 Å². The van der Waals surface area contributed by atoms with Crippen LogP contribution >= 0.6 is 0 Å². The lowest BCUT2D eigenvalue weighted by Gasteiger charge is -2.34. The van der Waals surface area contributed by atoms with Gasteiger partial charge in [0.25, 0.3) is 0 Å². The molecule has 0 bridgehead atoms. The van der Waals surface area contributed by atoms with E-state index in [1.807, 2.05) is 19.1 Å². The first-order valence-electron chi connectivity index (χ1n) is 10.3. The molecular weight excluding hydrogens is 340 g/mol. The zero-order valence-corrected chi connectivity index (χ0v) is 17.7. The van der Waals surface area contributed by atoms with Crippen LogP contribution in [-0.2, 0) is 5.60 Å². The van der Waals surface area contributed by atoms with E-state index in [4.69, 9.17) is 4.42 Å². The molecule has 6 heteroatoms. The monoisotopic (exact) mass is 378 g/mol. The molecule has 1 aromatic heterocycles. The Labute approximate surface area is 164 Å². The van der Waals surface area contributed by atoms with Crippen molar-refractivity contribution in [1.82, 2.24) is 15.5 Å². The molecular formula is C21H38N4O2. The average Bonchev–Trinajstić information content (AvgIpc) is 3.04. The van der Waals surface area contributed by atoms with Crippen LogP contribution in [0.3, 0.4) is 0 Å². The maximum Gasteiger partial charge on any atom is 0.191 e. The van der Waals surface area contributed by atoms with Gasteiger partial charge in [0.1, 0.15) is 17.1 Å². The third-order valence-corrected chi connectivity index (χ3v) is 4.95. The van der Waals surface area contributed by atoms with Crippen molar-refractivity contribution in [2.75, 3.05) is 39.3 Å². The molecule has 2 rings (SSSR count). The molecule has 0 amide bonds. The number of hydrogen-bond donors (Lipinski definition) is 3. The molecule has 0 radical (unpaired) electrons. The molecule has 6 nitrogen and oxygen atoms in total. The maximum atomic E-state index is 10.7. The van der Waals surface area contributed by atoms with Gasteiger partial charge in [0, 0.05) is 26.2 Å². The van der Waals surface area contributed by atoms with E-state index in [0.717, 1.165) is 31.4 Å². The molecule has 154 valence electrons. The number of guanidine groups is 1. The second-order valence-electron chi connectivity index (χ2n) is 8.42. The second-order valence-corrected chi connectivity index (χ2v) is 8.42. The van der Waals surface area contributed by atoms with Crippen molar-refractivity contribution in [3.05, 3.63) is 23.7 Å². The standard InChI is InChI=1S/C21H38N4O2/c1-6-22-20(24-15-21(5,26)19-10-9-17(4)27-19)23-12-18-8-7-11-25(14-18)13-16(2)3/h9-10,16,18,26H,6-8,11-15H2,1-5H3,(H2,22,23,24). The molecule has 2 atom stereocenters. The zero-order valence-electron chi connectivity index (χ0n) is 17.7. The summed E-state index contributed by atoms with van der Waals surface area (Å²) in [6, 6.07) is 3.68. The number of hydrogen-bond acceptors (Lipinski definition) is 4. The van der Waals surface area contributed by atoms with E-state index in [9.17, 15) is 5.11 Å². The summed E-state index contributed by atoms with van der Waals surface area (Å²) >= 11 is 0. The summed E-state index contributed by atoms with van der Waals surface area (Å²) in [6.07, 6.45) is 2.52. The molecule has 1 aliphatic rings. The fourth-order valence-corrected chi connectivity index (χ4v) is 3.62. The number of rotatable bonds is 8. The van der Waals surface area contributed by atoms with Crippen molar-refractivity contribution in [2.24, 2.45) is 16.8 Å². The van der Waals surface area contributed by atoms with Gasteiger partial charge in [-0.15, -0.1) is 0 Å². The van der Waals surface area contributed by atoms with Crippen LogP contribution in [0.4, 0.5) is 0 Å². The van der Waals surface area contributed by atoms with Crippen LogP contribution in [-0.4, -0.2) is 55.2 Å². The minimum atomic E-state index is -1.12. The Kier molecular flexibility index (Phi) is 8.17. The van der Waals surface area contributed by atoms with Gasteiger partial charge in [0.05, 0.1) is 6.54 Å². The Hall–Kier alpha value is -1.53. The van der Waals surface area contributed by atoms with E-state index < -0.39 is 5.60 Å². The van der Waals surface area contributed by atoms with Crippen LogP contribution in [0.25, 0.3) is 0 Å². The quantitative estimate of drug-likeness (QED) is 0.479. The number of likely N-dealkylation sites (tertiary alicyclic amines) is 1. The largest absolute Gasteiger partial charge is 0.463 e. The van der Waals surface area contributed by atoms with Gasteiger partial charge < -0.3 is 25.1 Å². The summed E-state index contributed by atoms with van der Waals surface area (Å²) in [6.45, 7) is 15.7. The molecule has 0 aliphatic carbocycles. The lowest BCUT2D eigenvalue weighted by atomic mass is 9.97. The molecule has 2 unspecified atom stereocenters. The van der Waals surface area contributed by atoms with Gasteiger partial charge in [-0.3, -0.25) is 0 Å². The third-order valence-electron chi connectivity index (χ3n) is 4.95. The van der Waals surface area contributed by atoms with Gasteiger partial charge in [0.15, 0.2) is 5.96 Å². The Balaban J connectivity index is 1.89. The summed E-state index contributed by atoms with van der Waals surface area (Å²) in [7, 11) is 0. The Morgan fingerprint density at radius 1 is 1.41 bits per heavy atom. The number of aliphatic imine (C=N–C) groups is 1. The van der Waals surface area contributed by atoms with Crippen molar-refractivity contribution >= 4 is 5.96 Å². The lowest BCUT2D eigenvalue weighted by molar-refractivity contribution is 0.0428. The molecule has 0 saturated carbocycles. The summed E-state index contributed by atoms with van der Waals surface area (Å²) in [5, 5.41) is 17.4. The number of aryl methyl sites for hydroxylation is 1. The van der Waals surface area contributed by atoms with E-state index in [-0.39, 0.29) is 6.54 Å². The molecule has 0 spiro atoms. The fourth-order valence-electron chi connectivity index (χ4n) is 3.62. The molecule has 1 aliphatic heterocycles. The second kappa shape index (κ2) is 10.1. The molecule has 1 aromatic rings. The smallest absolute Gasteiger partial charge is 0.191 e. The Morgan fingerprint density at radius 2 is 2.19 bits per heavy atom. The van der Waals surface area contributed by atoms with Gasteiger partial charge >= 0.3 is 0 Å². The Bertz CT molecular complexity index is 595. The number of furan rings is 1. The first kappa shape index (κ1) is 21.8. The highest BCUT2D eigenvalue weighted by Crippen LogP contribution is 2.23. The number of piperidine rings is 1. The summed E-state index contributed by atoms with van der Waals surface area (Å²) < 4.78 is 5.57. The highest BCUT2D eigenvalue weighted by molar-refractivity contribution is 5.79. The van der Waals surface area contributed by atoms with Crippen molar-refractivity contribution in [2.45, 2.75) is 53.1 Å². The Morgan fingerprint density at radius 3 is 2.81 bits per heavy atom. The van der Waals surface area contributed by atoms with Crippen molar-refractivity contribution in [3.63, 3.8) is 0 Å². The lowest BCUT2D eigenvalue weighted by Crippen LogP contribution is -2.45. The molecule has 27 heavy (non-hydrogen) atoms. The molecule has 1 saturated heterocycles. The van der Waals surface area contributed by atoms with Gasteiger partial charge in [0.2, 0.25) is 0 Å². The predicted molar refractivity (Wildman–Crippen MR) is 111 cm³/mol. The maximum absolute atomic E-state index is 10.7. The minimum absolute atomic E-state index is 0.249. The topological polar surface area (TPSA) is 73.0 Å². The average molecular weight is 379 g/mol. The summed E-state index contributed by atoms with van der Waals surface area (Å²) in [4.78, 5) is 7.17. The van der Waals surface area contributed by atoms with E-state index in [0.29, 0.717) is 17.6 Å². The summed E-state index contributed by atoms with van der Waals surface area (Å²) in [5.41, 5.74) is -1.12. The number of aliphatic hydroxyl groups is 1. The predicted octanol–water partition coefficient (Wildman–Crippen LogP) is 2.72. The van der Waals surface area contributed by atoms with Gasteiger partial charge in [-0.25, -0.2) is 4.99 Å². The van der Waals surface area contributed by atoms with E-state index in [1.54, 1.807) is 6.92 Å². The zero-order chi connectivity index (χ0) is 19.9. The van der Waals surface area contributed by atoms with E-state index in [2.05, 4.69) is 41.3 Å². The fraction of sp³-hybridized carbons (Fsp3) is 0.762. The van der Waals surface area contributed by atoms with Crippen molar-refractivity contribution in [3.8, 4) is 0 Å². The van der Waals surface area contributed by atoms with Gasteiger partial charge in [-0.1, -0.05) is 13.8 Å². The van der Waals surface area contributed by atoms with Crippen LogP contribution in [0, 0.1) is 18.8 Å². The molecule has 2 heterocycles. The number of nitrogens with one attached hydrogen (secondary N) is 2. The normalized spacial score (nSPS) is 21.3. The SMILES string of the molecule is CCNC(=NCC(C)(O)c1ccc(C)o1)NCC1CCCN(CC(C)C)C1. The van der Waals surface area contributed by atoms with Crippen LogP contribution in [0.1, 0.15) is 52.1 Å². The van der Waals surface area contributed by atoms with Crippen molar-refractivity contribution in [1.29, 1.82) is 0 Å². The highest BCUT2D eigenvalue weighted by atomic mass is 16.4. The van der Waals surface area contributed by atoms with Gasteiger partial charge in [-0.05, 0) is 64.1 Å². The highest BCUT2D eigenvalue weighted by Gasteiger charge is 2.27. The van der Waals surface area contributed by atoms with E-state index >= 15 is 0 Å². The van der Waals surface area contributed by atoms with Crippen LogP contribution in [0.2, 0.25) is 0 Å².